The quantitative estimate of drug-likeness (QED) is 0.715. The maximum atomic E-state index is 11.7. The Morgan fingerprint density at radius 3 is 2.69 bits per heavy atom. The molecule has 0 amide bonds. The molecule has 1 aromatic rings. The van der Waals surface area contributed by atoms with Gasteiger partial charge in [-0.3, -0.25) is 4.98 Å². The Morgan fingerprint density at radius 2 is 2.15 bits per heavy atom. The van der Waals surface area contributed by atoms with E-state index in [1.807, 2.05) is 0 Å². The summed E-state index contributed by atoms with van der Waals surface area (Å²) in [5.74, 6) is 0.167. The summed E-state index contributed by atoms with van der Waals surface area (Å²) in [7, 11) is 0. The molecule has 0 aliphatic heterocycles. The average molecular weight is 191 g/mol. The van der Waals surface area contributed by atoms with Crippen LogP contribution < -0.4 is 4.74 Å². The molecule has 0 spiro atoms. The summed E-state index contributed by atoms with van der Waals surface area (Å²) < 4.78 is 39.7. The van der Waals surface area contributed by atoms with Crippen LogP contribution in [0.4, 0.5) is 13.2 Å². The smallest absolute Gasteiger partial charge is 0.422 e. The fourth-order valence-corrected chi connectivity index (χ4v) is 0.760. The zero-order chi connectivity index (χ0) is 9.90. The molecule has 0 bridgehead atoms. The van der Waals surface area contributed by atoms with Crippen molar-refractivity contribution in [3.63, 3.8) is 0 Å². The highest BCUT2D eigenvalue weighted by Crippen LogP contribution is 2.20. The van der Waals surface area contributed by atoms with Crippen molar-refractivity contribution in [1.29, 1.82) is 0 Å². The molecule has 5 heteroatoms. The van der Waals surface area contributed by atoms with Gasteiger partial charge in [0.25, 0.3) is 0 Å². The molecule has 72 valence electrons. The van der Waals surface area contributed by atoms with Gasteiger partial charge >= 0.3 is 6.18 Å². The molecular weight excluding hydrogens is 183 g/mol. The lowest BCUT2D eigenvalue weighted by Crippen LogP contribution is -2.19. The van der Waals surface area contributed by atoms with Crippen LogP contribution in [0.15, 0.2) is 18.5 Å². The van der Waals surface area contributed by atoms with Crippen molar-refractivity contribution in [1.82, 2.24) is 4.98 Å². The highest BCUT2D eigenvalue weighted by atomic mass is 19.4. The molecule has 1 aromatic heterocycles. The molecule has 0 saturated heterocycles. The van der Waals surface area contributed by atoms with Crippen LogP contribution in [0.1, 0.15) is 5.56 Å². The fraction of sp³-hybridized carbons (Fsp3) is 0.375. The van der Waals surface area contributed by atoms with E-state index in [0.717, 1.165) is 0 Å². The monoisotopic (exact) mass is 191 g/mol. The molecule has 0 saturated carbocycles. The van der Waals surface area contributed by atoms with E-state index < -0.39 is 12.8 Å². The van der Waals surface area contributed by atoms with Gasteiger partial charge in [0.2, 0.25) is 0 Å². The number of alkyl halides is 3. The summed E-state index contributed by atoms with van der Waals surface area (Å²) >= 11 is 0. The molecule has 1 heterocycles. The number of aromatic nitrogens is 1. The van der Waals surface area contributed by atoms with Crippen molar-refractivity contribution in [2.45, 2.75) is 13.1 Å². The van der Waals surface area contributed by atoms with E-state index in [1.165, 1.54) is 12.4 Å². The Hall–Kier alpha value is -1.26. The third-order valence-corrected chi connectivity index (χ3v) is 1.38. The van der Waals surface area contributed by atoms with Gasteiger partial charge in [-0.15, -0.1) is 0 Å². The molecule has 0 aromatic carbocycles. The Balaban J connectivity index is 2.60. The molecule has 2 nitrogen and oxygen atoms in total. The van der Waals surface area contributed by atoms with Crippen LogP contribution in [-0.2, 0) is 0 Å². The number of nitrogens with zero attached hydrogens (tertiary/aromatic N) is 1. The van der Waals surface area contributed by atoms with E-state index in [4.69, 9.17) is 0 Å². The maximum absolute atomic E-state index is 11.7. The Kier molecular flexibility index (Phi) is 2.75. The van der Waals surface area contributed by atoms with Crippen molar-refractivity contribution in [3.8, 4) is 5.75 Å². The minimum Gasteiger partial charge on any atom is -0.482 e. The van der Waals surface area contributed by atoms with Crippen molar-refractivity contribution in [2.75, 3.05) is 6.61 Å². The van der Waals surface area contributed by atoms with Gasteiger partial charge in [-0.25, -0.2) is 0 Å². The molecule has 0 aliphatic carbocycles. The molecule has 0 fully saturated rings. The van der Waals surface area contributed by atoms with Gasteiger partial charge in [0.15, 0.2) is 6.61 Å². The number of ether oxygens (including phenoxy) is 1. The van der Waals surface area contributed by atoms with Crippen molar-refractivity contribution in [3.05, 3.63) is 24.0 Å². The zero-order valence-corrected chi connectivity index (χ0v) is 6.93. The van der Waals surface area contributed by atoms with Gasteiger partial charge in [-0.1, -0.05) is 0 Å². The largest absolute Gasteiger partial charge is 0.482 e. The molecule has 0 radical (unpaired) electrons. The summed E-state index contributed by atoms with van der Waals surface area (Å²) in [5.41, 5.74) is 0.638. The standard InChI is InChI=1S/C8H8F3NO/c1-6-2-3-12-4-7(6)13-5-8(9,10)11/h2-4H,5H2,1H3. The molecule has 0 N–H and O–H groups in total. The van der Waals surface area contributed by atoms with Crippen LogP contribution >= 0.6 is 0 Å². The number of aryl methyl sites for hydroxylation is 1. The van der Waals surface area contributed by atoms with E-state index in [-0.39, 0.29) is 5.75 Å². The lowest BCUT2D eigenvalue weighted by Gasteiger charge is -2.09. The first kappa shape index (κ1) is 9.83. The van der Waals surface area contributed by atoms with Crippen molar-refractivity contribution < 1.29 is 17.9 Å². The first-order valence-electron chi connectivity index (χ1n) is 3.59. The van der Waals surface area contributed by atoms with Gasteiger partial charge in [0, 0.05) is 6.20 Å². The minimum absolute atomic E-state index is 0.167. The van der Waals surface area contributed by atoms with E-state index in [9.17, 15) is 13.2 Å². The van der Waals surface area contributed by atoms with E-state index >= 15 is 0 Å². The maximum Gasteiger partial charge on any atom is 0.422 e. The second-order valence-corrected chi connectivity index (χ2v) is 2.55. The highest BCUT2D eigenvalue weighted by molar-refractivity contribution is 5.27. The van der Waals surface area contributed by atoms with Crippen molar-refractivity contribution >= 4 is 0 Å². The first-order chi connectivity index (χ1) is 5.99. The van der Waals surface area contributed by atoms with Crippen LogP contribution in [0.3, 0.4) is 0 Å². The molecule has 1 rings (SSSR count). The minimum atomic E-state index is -4.30. The number of rotatable bonds is 2. The molecule has 0 unspecified atom stereocenters. The van der Waals surface area contributed by atoms with Crippen LogP contribution in [-0.4, -0.2) is 17.8 Å². The van der Waals surface area contributed by atoms with Crippen LogP contribution in [0.2, 0.25) is 0 Å². The van der Waals surface area contributed by atoms with Gasteiger partial charge in [0.05, 0.1) is 6.20 Å². The van der Waals surface area contributed by atoms with Crippen LogP contribution in [0.25, 0.3) is 0 Å². The summed E-state index contributed by atoms with van der Waals surface area (Å²) in [5, 5.41) is 0. The van der Waals surface area contributed by atoms with E-state index in [0.29, 0.717) is 5.56 Å². The average Bonchev–Trinajstić information content (AvgIpc) is 2.01. The van der Waals surface area contributed by atoms with Gasteiger partial charge in [-0.2, -0.15) is 13.2 Å². The molecule has 0 aliphatic rings. The van der Waals surface area contributed by atoms with Gasteiger partial charge < -0.3 is 4.74 Å². The summed E-state index contributed by atoms with van der Waals surface area (Å²) in [6.45, 7) is 0.382. The third-order valence-electron chi connectivity index (χ3n) is 1.38. The second-order valence-electron chi connectivity index (χ2n) is 2.55. The second kappa shape index (κ2) is 3.64. The first-order valence-corrected chi connectivity index (χ1v) is 3.59. The number of pyridine rings is 1. The Morgan fingerprint density at radius 1 is 1.46 bits per heavy atom. The summed E-state index contributed by atoms with van der Waals surface area (Å²) in [6, 6.07) is 1.59. The lowest BCUT2D eigenvalue weighted by molar-refractivity contribution is -0.153. The van der Waals surface area contributed by atoms with Gasteiger partial charge in [-0.05, 0) is 18.6 Å². The topological polar surface area (TPSA) is 22.1 Å². The van der Waals surface area contributed by atoms with Crippen molar-refractivity contribution in [2.24, 2.45) is 0 Å². The zero-order valence-electron chi connectivity index (χ0n) is 6.93. The fourth-order valence-electron chi connectivity index (χ4n) is 0.760. The number of hydrogen-bond donors (Lipinski definition) is 0. The Labute approximate surface area is 73.4 Å². The summed E-state index contributed by atoms with van der Waals surface area (Å²) in [4.78, 5) is 3.65. The van der Waals surface area contributed by atoms with E-state index in [2.05, 4.69) is 9.72 Å². The number of hydrogen-bond acceptors (Lipinski definition) is 2. The molecule has 13 heavy (non-hydrogen) atoms. The number of halogens is 3. The normalized spacial score (nSPS) is 11.4. The molecular formula is C8H8F3NO. The predicted molar refractivity (Wildman–Crippen MR) is 40.5 cm³/mol. The van der Waals surface area contributed by atoms with Crippen LogP contribution in [0.5, 0.6) is 5.75 Å². The van der Waals surface area contributed by atoms with E-state index in [1.54, 1.807) is 13.0 Å². The third kappa shape index (κ3) is 3.31. The predicted octanol–water partition coefficient (Wildman–Crippen LogP) is 2.33. The highest BCUT2D eigenvalue weighted by Gasteiger charge is 2.28. The molecule has 0 atom stereocenters. The lowest BCUT2D eigenvalue weighted by atomic mass is 10.3. The SMILES string of the molecule is Cc1ccncc1OCC(F)(F)F. The van der Waals surface area contributed by atoms with Gasteiger partial charge in [0.1, 0.15) is 5.75 Å². The summed E-state index contributed by atoms with van der Waals surface area (Å²) in [6.07, 6.45) is -1.54. The Bertz CT molecular complexity index is 285. The van der Waals surface area contributed by atoms with Crippen LogP contribution in [0, 0.1) is 6.92 Å².